The topological polar surface area (TPSA) is 47.8 Å². The van der Waals surface area contributed by atoms with Gasteiger partial charge in [0.15, 0.2) is 5.78 Å². The Hall–Kier alpha value is -1.19. The number of Topliss-reactive ketones (excluding diaryl/α,β-unsaturated/α-hetero) is 1. The van der Waals surface area contributed by atoms with Crippen molar-refractivity contribution in [2.75, 3.05) is 0 Å². The summed E-state index contributed by atoms with van der Waals surface area (Å²) in [4.78, 5) is 14.7. The molecule has 0 amide bonds. The first-order chi connectivity index (χ1) is 14.1. The van der Waals surface area contributed by atoms with Crippen molar-refractivity contribution in [3.8, 4) is 0 Å². The molecule has 0 radical (unpaired) electrons. The average molecular weight is 400 g/mol. The maximum absolute atomic E-state index is 13.1. The Morgan fingerprint density at radius 2 is 1.69 bits per heavy atom. The van der Waals surface area contributed by atoms with E-state index in [9.17, 15) is 4.79 Å². The predicted octanol–water partition coefficient (Wildman–Crippen LogP) is 5.78. The summed E-state index contributed by atoms with van der Waals surface area (Å²) < 4.78 is 0. The predicted molar refractivity (Wildman–Crippen MR) is 116 cm³/mol. The quantitative estimate of drug-likeness (QED) is 0.647. The van der Waals surface area contributed by atoms with Crippen LogP contribution in [0.15, 0.2) is 12.4 Å². The molecule has 0 aliphatic heterocycles. The minimum absolute atomic E-state index is 0.221. The molecule has 7 unspecified atom stereocenters. The molecule has 0 aromatic carbocycles. The molecule has 4 heteroatoms. The van der Waals surface area contributed by atoms with Gasteiger partial charge in [0.1, 0.15) is 6.54 Å². The number of aromatic nitrogens is 3. The molecule has 4 nitrogen and oxygen atoms in total. The Morgan fingerprint density at radius 1 is 0.966 bits per heavy atom. The van der Waals surface area contributed by atoms with Crippen LogP contribution in [0.4, 0.5) is 0 Å². The van der Waals surface area contributed by atoms with Crippen LogP contribution in [0, 0.1) is 46.8 Å². The lowest BCUT2D eigenvalue weighted by molar-refractivity contribution is -0.131. The third kappa shape index (κ3) is 3.70. The lowest BCUT2D eigenvalue weighted by atomic mass is 9.49. The van der Waals surface area contributed by atoms with E-state index in [2.05, 4.69) is 24.0 Å². The van der Waals surface area contributed by atoms with Gasteiger partial charge in [-0.3, -0.25) is 4.79 Å². The molecule has 4 aliphatic rings. The van der Waals surface area contributed by atoms with Crippen LogP contribution in [-0.4, -0.2) is 20.8 Å². The summed E-state index contributed by atoms with van der Waals surface area (Å²) in [7, 11) is 0. The van der Waals surface area contributed by atoms with Gasteiger partial charge in [-0.05, 0) is 92.3 Å². The molecule has 29 heavy (non-hydrogen) atoms. The fourth-order valence-corrected chi connectivity index (χ4v) is 8.19. The molecule has 1 aromatic rings. The molecule has 4 fully saturated rings. The van der Waals surface area contributed by atoms with Crippen LogP contribution >= 0.6 is 0 Å². The van der Waals surface area contributed by atoms with E-state index >= 15 is 0 Å². The van der Waals surface area contributed by atoms with Gasteiger partial charge >= 0.3 is 0 Å². The van der Waals surface area contributed by atoms with Gasteiger partial charge < -0.3 is 0 Å². The van der Waals surface area contributed by atoms with E-state index < -0.39 is 0 Å². The van der Waals surface area contributed by atoms with Gasteiger partial charge in [-0.25, -0.2) is 0 Å². The molecule has 0 saturated heterocycles. The molecule has 1 aromatic heterocycles. The lowest BCUT2D eigenvalue weighted by Gasteiger charge is -2.56. The third-order valence-electron chi connectivity index (χ3n) is 9.37. The van der Waals surface area contributed by atoms with E-state index in [1.165, 1.54) is 51.4 Å². The van der Waals surface area contributed by atoms with Gasteiger partial charge in [0, 0.05) is 5.92 Å². The first-order valence-electron chi connectivity index (χ1n) is 12.4. The summed E-state index contributed by atoms with van der Waals surface area (Å²) in [5.74, 6) is 6.15. The fourth-order valence-electron chi connectivity index (χ4n) is 8.19. The van der Waals surface area contributed by atoms with E-state index in [-0.39, 0.29) is 11.3 Å². The molecule has 0 spiro atoms. The van der Waals surface area contributed by atoms with Crippen molar-refractivity contribution >= 4 is 5.78 Å². The van der Waals surface area contributed by atoms with Gasteiger partial charge in [0.2, 0.25) is 0 Å². The van der Waals surface area contributed by atoms with Crippen molar-refractivity contribution < 1.29 is 4.79 Å². The van der Waals surface area contributed by atoms with Crippen LogP contribution in [-0.2, 0) is 11.3 Å². The van der Waals surface area contributed by atoms with Gasteiger partial charge in [0.05, 0.1) is 12.4 Å². The Labute approximate surface area is 177 Å². The zero-order valence-electron chi connectivity index (χ0n) is 19.0. The molecule has 0 bridgehead atoms. The normalized spacial score (nSPS) is 43.4. The van der Waals surface area contributed by atoms with Crippen LogP contribution < -0.4 is 0 Å². The van der Waals surface area contributed by atoms with Crippen LogP contribution in [0.5, 0.6) is 0 Å². The third-order valence-corrected chi connectivity index (χ3v) is 9.37. The average Bonchev–Trinajstić information content (AvgIpc) is 3.36. The van der Waals surface area contributed by atoms with Crippen LogP contribution in [0.3, 0.4) is 0 Å². The van der Waals surface area contributed by atoms with Crippen molar-refractivity contribution in [1.82, 2.24) is 15.0 Å². The van der Waals surface area contributed by atoms with Crippen LogP contribution in [0.1, 0.15) is 85.5 Å². The Balaban J connectivity index is 0.000000994. The number of carbonyl (C=O) groups excluding carboxylic acids is 1. The number of hydrogen-bond acceptors (Lipinski definition) is 3. The Kier molecular flexibility index (Phi) is 6.18. The zero-order valence-corrected chi connectivity index (χ0v) is 19.0. The van der Waals surface area contributed by atoms with Crippen molar-refractivity contribution in [2.24, 2.45) is 46.8 Å². The second-order valence-corrected chi connectivity index (χ2v) is 10.6. The number of ketones is 1. The highest BCUT2D eigenvalue weighted by atomic mass is 16.1. The fraction of sp³-hybridized carbons (Fsp3) is 0.880. The molecule has 0 N–H and O–H groups in total. The van der Waals surface area contributed by atoms with Crippen LogP contribution in [0.2, 0.25) is 0 Å². The Morgan fingerprint density at radius 3 is 2.45 bits per heavy atom. The van der Waals surface area contributed by atoms with Crippen molar-refractivity contribution in [3.63, 3.8) is 0 Å². The van der Waals surface area contributed by atoms with E-state index in [0.717, 1.165) is 41.9 Å². The minimum atomic E-state index is 0.221. The molecule has 4 aliphatic carbocycles. The van der Waals surface area contributed by atoms with Gasteiger partial charge in [-0.1, -0.05) is 34.1 Å². The maximum atomic E-state index is 13.1. The summed E-state index contributed by atoms with van der Waals surface area (Å²) >= 11 is 0. The summed E-state index contributed by atoms with van der Waals surface area (Å²) in [5.41, 5.74) is 0.222. The standard InChI is InChI=1S/C23H35N3O.C2H6/c1-15-3-5-17-16(13-15)4-6-19-18(17)9-10-23(2)20(19)7-8-21(23)22(27)14-26-24-11-12-25-26;1-2/h11-12,15-21H,3-10,13-14H2,1-2H3;1-2H3/t15?,16?,17?,18?,19?,20?,21-,23?;/m1./s1. The van der Waals surface area contributed by atoms with Crippen LogP contribution in [0.25, 0.3) is 0 Å². The van der Waals surface area contributed by atoms with E-state index in [4.69, 9.17) is 0 Å². The van der Waals surface area contributed by atoms with Crippen molar-refractivity contribution in [1.29, 1.82) is 0 Å². The van der Waals surface area contributed by atoms with Gasteiger partial charge in [-0.15, -0.1) is 0 Å². The number of rotatable bonds is 3. The summed E-state index contributed by atoms with van der Waals surface area (Å²) in [5, 5.41) is 8.31. The molecule has 162 valence electrons. The lowest BCUT2D eigenvalue weighted by Crippen LogP contribution is -2.49. The molecular formula is C25H41N3O. The molecule has 4 saturated carbocycles. The number of carbonyl (C=O) groups is 1. The summed E-state index contributed by atoms with van der Waals surface area (Å²) in [6.45, 7) is 9.27. The minimum Gasteiger partial charge on any atom is -0.297 e. The van der Waals surface area contributed by atoms with Gasteiger partial charge in [-0.2, -0.15) is 15.0 Å². The van der Waals surface area contributed by atoms with E-state index in [0.29, 0.717) is 12.3 Å². The molecular weight excluding hydrogens is 358 g/mol. The highest BCUT2D eigenvalue weighted by Gasteiger charge is 2.58. The van der Waals surface area contributed by atoms with Gasteiger partial charge in [0.25, 0.3) is 0 Å². The molecule has 8 atom stereocenters. The number of hydrogen-bond donors (Lipinski definition) is 0. The highest BCUT2D eigenvalue weighted by molar-refractivity contribution is 5.81. The van der Waals surface area contributed by atoms with E-state index in [1.54, 1.807) is 17.2 Å². The monoisotopic (exact) mass is 399 g/mol. The van der Waals surface area contributed by atoms with Crippen molar-refractivity contribution in [2.45, 2.75) is 92.0 Å². The smallest absolute Gasteiger partial charge is 0.159 e. The number of nitrogens with zero attached hydrogens (tertiary/aromatic N) is 3. The molecule has 5 rings (SSSR count). The molecule has 1 heterocycles. The Bertz CT molecular complexity index is 686. The second-order valence-electron chi connectivity index (χ2n) is 10.6. The summed E-state index contributed by atoms with van der Waals surface area (Å²) in [6.07, 6.45) is 15.6. The highest BCUT2D eigenvalue weighted by Crippen LogP contribution is 2.64. The second kappa shape index (κ2) is 8.51. The maximum Gasteiger partial charge on any atom is 0.159 e. The number of fused-ring (bicyclic) bond motifs is 5. The SMILES string of the molecule is CC.CC1CCC2C(CCC3C2CCC2(C)C3CC[C@@H]2C(=O)Cn2nccn2)C1. The largest absolute Gasteiger partial charge is 0.297 e. The van der Waals surface area contributed by atoms with Crippen molar-refractivity contribution in [3.05, 3.63) is 12.4 Å². The zero-order chi connectivity index (χ0) is 20.6. The first-order valence-corrected chi connectivity index (χ1v) is 12.4. The summed E-state index contributed by atoms with van der Waals surface area (Å²) in [6, 6.07) is 0. The van der Waals surface area contributed by atoms with E-state index in [1.807, 2.05) is 13.8 Å². The first kappa shape index (κ1) is 21.1.